The minimum absolute atomic E-state index is 0.0497. The van der Waals surface area contributed by atoms with Crippen molar-refractivity contribution in [3.05, 3.63) is 11.6 Å². The van der Waals surface area contributed by atoms with Crippen LogP contribution in [0.1, 0.15) is 106 Å². The van der Waals surface area contributed by atoms with Gasteiger partial charge in [-0.25, -0.2) is 0 Å². The molecule has 0 amide bonds. The molecule has 5 aliphatic carbocycles. The maximum Gasteiger partial charge on any atom is 0.317 e. The van der Waals surface area contributed by atoms with Gasteiger partial charge in [0.2, 0.25) is 6.29 Å². The molecule has 4 saturated carbocycles. The lowest BCUT2D eigenvalue weighted by Gasteiger charge is -2.71. The van der Waals surface area contributed by atoms with Crippen molar-refractivity contribution in [3.63, 3.8) is 0 Å². The first-order valence-corrected chi connectivity index (χ1v) is 17.4. The van der Waals surface area contributed by atoms with E-state index in [9.17, 15) is 35.4 Å². The first-order valence-electron chi connectivity index (χ1n) is 17.4. The summed E-state index contributed by atoms with van der Waals surface area (Å²) in [6.45, 7) is 15.5. The van der Waals surface area contributed by atoms with Crippen molar-refractivity contribution in [1.82, 2.24) is 0 Å². The summed E-state index contributed by atoms with van der Waals surface area (Å²) in [5.41, 5.74) is -0.661. The Balaban J connectivity index is 1.38. The van der Waals surface area contributed by atoms with E-state index < -0.39 is 54.8 Å². The van der Waals surface area contributed by atoms with E-state index in [2.05, 4.69) is 54.5 Å². The van der Waals surface area contributed by atoms with Crippen molar-refractivity contribution in [2.24, 2.45) is 50.2 Å². The van der Waals surface area contributed by atoms with E-state index in [1.165, 1.54) is 5.57 Å². The molecule has 6 N–H and O–H groups in total. The van der Waals surface area contributed by atoms with Crippen LogP contribution in [-0.4, -0.2) is 86.1 Å². The van der Waals surface area contributed by atoms with Crippen LogP contribution >= 0.6 is 0 Å². The minimum atomic E-state index is -1.70. The van der Waals surface area contributed by atoms with Gasteiger partial charge in [0.25, 0.3) is 0 Å². The minimum Gasteiger partial charge on any atom is -0.432 e. The summed E-state index contributed by atoms with van der Waals surface area (Å²) >= 11 is 0. The van der Waals surface area contributed by atoms with Gasteiger partial charge in [0.1, 0.15) is 29.8 Å². The molecule has 14 atom stereocenters. The molecule has 1 heterocycles. The van der Waals surface area contributed by atoms with Crippen LogP contribution < -0.4 is 0 Å². The van der Waals surface area contributed by atoms with E-state index in [-0.39, 0.29) is 39.1 Å². The Bertz CT molecular complexity index is 1210. The average Bonchev–Trinajstić information content (AvgIpc) is 2.95. The number of hydrogen-bond acceptors (Lipinski definition) is 9. The van der Waals surface area contributed by atoms with E-state index >= 15 is 0 Å². The van der Waals surface area contributed by atoms with Crippen LogP contribution in [-0.2, 0) is 14.3 Å². The molecule has 0 radical (unpaired) electrons. The number of aliphatic hydroxyl groups excluding tert-OH is 6. The van der Waals surface area contributed by atoms with Crippen molar-refractivity contribution in [2.45, 2.75) is 149 Å². The number of carbonyl (C=O) groups is 1. The van der Waals surface area contributed by atoms with Crippen molar-refractivity contribution >= 4 is 5.97 Å². The molecular formula is C36H58O9. The second-order valence-electron chi connectivity index (χ2n) is 18.0. The fourth-order valence-corrected chi connectivity index (χ4v) is 12.1. The van der Waals surface area contributed by atoms with Crippen LogP contribution in [0.15, 0.2) is 11.6 Å². The normalized spacial score (nSPS) is 53.6. The first kappa shape index (κ1) is 33.8. The van der Waals surface area contributed by atoms with Crippen LogP contribution in [0, 0.1) is 50.2 Å². The molecular weight excluding hydrogens is 576 g/mol. The Morgan fingerprint density at radius 2 is 1.53 bits per heavy atom. The van der Waals surface area contributed by atoms with Crippen molar-refractivity contribution in [1.29, 1.82) is 0 Å². The number of hydrogen-bond donors (Lipinski definition) is 6. The number of esters is 1. The number of fused-ring (bicyclic) bond motifs is 7. The molecule has 6 rings (SSSR count). The number of allylic oxidation sites excluding steroid dienone is 2. The Morgan fingerprint density at radius 3 is 2.20 bits per heavy atom. The van der Waals surface area contributed by atoms with Gasteiger partial charge in [-0.1, -0.05) is 60.1 Å². The zero-order chi connectivity index (χ0) is 33.1. The zero-order valence-corrected chi connectivity index (χ0v) is 28.3. The number of carbonyl (C=O) groups excluding carboxylic acids is 1. The quantitative estimate of drug-likeness (QED) is 0.202. The molecule has 0 aromatic rings. The van der Waals surface area contributed by atoms with Gasteiger partial charge in [-0.15, -0.1) is 0 Å². The van der Waals surface area contributed by atoms with Crippen molar-refractivity contribution < 1.29 is 44.9 Å². The Hall–Kier alpha value is -1.07. The summed E-state index contributed by atoms with van der Waals surface area (Å²) in [7, 11) is 0. The molecule has 0 aromatic heterocycles. The third kappa shape index (κ3) is 4.54. The van der Waals surface area contributed by atoms with Gasteiger partial charge in [0, 0.05) is 0 Å². The molecule has 256 valence electrons. The van der Waals surface area contributed by atoms with Gasteiger partial charge in [-0.3, -0.25) is 4.79 Å². The van der Waals surface area contributed by atoms with E-state index in [0.717, 1.165) is 32.1 Å². The van der Waals surface area contributed by atoms with Crippen molar-refractivity contribution in [2.75, 3.05) is 6.61 Å². The summed E-state index contributed by atoms with van der Waals surface area (Å²) in [5, 5.41) is 64.3. The topological polar surface area (TPSA) is 157 Å². The van der Waals surface area contributed by atoms with Crippen LogP contribution in [0.4, 0.5) is 0 Å². The highest BCUT2D eigenvalue weighted by atomic mass is 16.7. The molecule has 6 aliphatic rings. The molecule has 0 aromatic carbocycles. The van der Waals surface area contributed by atoms with Gasteiger partial charge in [0.15, 0.2) is 0 Å². The van der Waals surface area contributed by atoms with Crippen LogP contribution in [0.3, 0.4) is 0 Å². The summed E-state index contributed by atoms with van der Waals surface area (Å²) in [5.74, 6) is -0.157. The standard InChI is InChI=1S/C36H58O9/c1-31(2)14-15-36(30(43)45-29-28(42)27(41)26(40)21(18-37)44-29)20(16-31)19-8-9-23-33(5)12-11-24(38)32(3,4)22(33)10-13-34(23,6)35(19,7)17-25(36)39/h8,20-29,37-42H,9-18H2,1-7H3/t20-,21?,22?,23?,24-,25?,26?,27?,28?,29?,33-,34+,35+,36+/m0/s1. The second kappa shape index (κ2) is 10.7. The third-order valence-electron chi connectivity index (χ3n) is 15.1. The summed E-state index contributed by atoms with van der Waals surface area (Å²) in [4.78, 5) is 14.4. The Morgan fingerprint density at radius 1 is 0.844 bits per heavy atom. The maximum absolute atomic E-state index is 14.4. The second-order valence-corrected chi connectivity index (χ2v) is 18.0. The van der Waals surface area contributed by atoms with E-state index in [1.54, 1.807) is 0 Å². The lowest BCUT2D eigenvalue weighted by atomic mass is 9.33. The highest BCUT2D eigenvalue weighted by molar-refractivity contribution is 5.80. The van der Waals surface area contributed by atoms with Crippen molar-refractivity contribution in [3.8, 4) is 0 Å². The number of aliphatic hydroxyl groups is 6. The zero-order valence-electron chi connectivity index (χ0n) is 28.3. The van der Waals surface area contributed by atoms with E-state index in [4.69, 9.17) is 9.47 Å². The smallest absolute Gasteiger partial charge is 0.317 e. The lowest BCUT2D eigenvalue weighted by molar-refractivity contribution is -0.299. The maximum atomic E-state index is 14.4. The monoisotopic (exact) mass is 634 g/mol. The fraction of sp³-hybridized carbons (Fsp3) is 0.917. The largest absolute Gasteiger partial charge is 0.432 e. The lowest BCUT2D eigenvalue weighted by Crippen LogP contribution is -2.68. The summed E-state index contributed by atoms with van der Waals surface area (Å²) in [6.07, 6.45) is 0.341. The van der Waals surface area contributed by atoms with E-state index in [1.807, 2.05) is 0 Å². The van der Waals surface area contributed by atoms with Gasteiger partial charge < -0.3 is 40.1 Å². The molecule has 0 bridgehead atoms. The predicted molar refractivity (Wildman–Crippen MR) is 166 cm³/mol. The summed E-state index contributed by atoms with van der Waals surface area (Å²) < 4.78 is 11.4. The fourth-order valence-electron chi connectivity index (χ4n) is 12.1. The highest BCUT2D eigenvalue weighted by Gasteiger charge is 2.71. The third-order valence-corrected chi connectivity index (χ3v) is 15.1. The SMILES string of the molecule is CC1(C)CC[C@]2(C(=O)OC3OC(CO)C(O)C(O)C3O)C(O)C[C@]3(C)C(=CCC4[C@@]5(C)CC[C@H](O)C(C)(C)C5CC[C@]43C)[C@@H]2C1. The summed E-state index contributed by atoms with van der Waals surface area (Å²) in [6, 6.07) is 0. The number of ether oxygens (including phenoxy) is 2. The van der Waals surface area contributed by atoms with Crippen LogP contribution in [0.5, 0.6) is 0 Å². The molecule has 9 heteroatoms. The molecule has 0 spiro atoms. The number of rotatable bonds is 3. The predicted octanol–water partition coefficient (Wildman–Crippen LogP) is 3.46. The van der Waals surface area contributed by atoms with Crippen LogP contribution in [0.25, 0.3) is 0 Å². The highest BCUT2D eigenvalue weighted by Crippen LogP contribution is 2.75. The molecule has 1 aliphatic heterocycles. The Kier molecular flexibility index (Phi) is 8.05. The van der Waals surface area contributed by atoms with Gasteiger partial charge in [-0.2, -0.15) is 0 Å². The molecule has 45 heavy (non-hydrogen) atoms. The van der Waals surface area contributed by atoms with E-state index in [0.29, 0.717) is 37.5 Å². The molecule has 1 saturated heterocycles. The molecule has 8 unspecified atom stereocenters. The molecule has 5 fully saturated rings. The first-order chi connectivity index (χ1) is 20.8. The van der Waals surface area contributed by atoms with Gasteiger partial charge >= 0.3 is 5.97 Å². The molecule has 9 nitrogen and oxygen atoms in total. The van der Waals surface area contributed by atoms with Crippen LogP contribution in [0.2, 0.25) is 0 Å². The average molecular weight is 635 g/mol. The van der Waals surface area contributed by atoms with Gasteiger partial charge in [-0.05, 0) is 103 Å². The van der Waals surface area contributed by atoms with Gasteiger partial charge in [0.05, 0.1) is 18.8 Å². The Labute approximate surface area is 268 Å².